The second-order valence-corrected chi connectivity index (χ2v) is 4.27. The third-order valence-electron chi connectivity index (χ3n) is 2.96. The topological polar surface area (TPSA) is 103 Å². The van der Waals surface area contributed by atoms with Crippen LogP contribution in [0.5, 0.6) is 11.5 Å². The normalized spacial score (nSPS) is 10.7. The van der Waals surface area contributed by atoms with Gasteiger partial charge in [-0.1, -0.05) is 0 Å². The molecule has 0 saturated carbocycles. The van der Waals surface area contributed by atoms with Crippen molar-refractivity contribution < 1.29 is 14.8 Å². The Bertz CT molecular complexity index is 843. The summed E-state index contributed by atoms with van der Waals surface area (Å²) >= 11 is 0. The monoisotopic (exact) mass is 286 g/mol. The minimum atomic E-state index is -0.496. The number of nitro groups is 1. The van der Waals surface area contributed by atoms with Crippen LogP contribution >= 0.6 is 0 Å². The number of phenols is 1. The fraction of sp³-hybridized carbons (Fsp3) is 0.0769. The number of hydrogen-bond donors (Lipinski definition) is 1. The molecule has 0 spiro atoms. The molecule has 0 amide bonds. The maximum Gasteiger partial charge on any atom is 0.287 e. The molecule has 8 nitrogen and oxygen atoms in total. The van der Waals surface area contributed by atoms with Crippen molar-refractivity contribution in [2.75, 3.05) is 7.11 Å². The number of aromatic nitrogens is 3. The number of phenolic OH excluding ortho intramolecular Hbond substituents is 1. The third-order valence-corrected chi connectivity index (χ3v) is 2.96. The highest BCUT2D eigenvalue weighted by molar-refractivity contribution is 5.63. The number of benzene rings is 1. The zero-order valence-corrected chi connectivity index (χ0v) is 10.9. The first-order valence-electron chi connectivity index (χ1n) is 5.96. The van der Waals surface area contributed by atoms with E-state index in [1.54, 1.807) is 12.1 Å². The Morgan fingerprint density at radius 1 is 1.33 bits per heavy atom. The molecular formula is C13H10N4O4. The number of methoxy groups -OCH3 is 1. The predicted molar refractivity (Wildman–Crippen MR) is 73.3 cm³/mol. The van der Waals surface area contributed by atoms with Crippen LogP contribution in [0.1, 0.15) is 0 Å². The first kappa shape index (κ1) is 12.9. The highest BCUT2D eigenvalue weighted by atomic mass is 16.6. The number of ether oxygens (including phenoxy) is 1. The molecule has 3 aromatic rings. The van der Waals surface area contributed by atoms with Crippen LogP contribution in [0.15, 0.2) is 36.5 Å². The van der Waals surface area contributed by atoms with Gasteiger partial charge in [0.1, 0.15) is 6.20 Å². The zero-order chi connectivity index (χ0) is 15.0. The number of hydrogen-bond acceptors (Lipinski definition) is 6. The summed E-state index contributed by atoms with van der Waals surface area (Å²) in [5.74, 6) is 0.701. The highest BCUT2D eigenvalue weighted by Gasteiger charge is 2.12. The predicted octanol–water partition coefficient (Wildman–Crippen LogP) is 2.02. The summed E-state index contributed by atoms with van der Waals surface area (Å²) < 4.78 is 6.37. The smallest absolute Gasteiger partial charge is 0.287 e. The van der Waals surface area contributed by atoms with Gasteiger partial charge in [0.15, 0.2) is 23.0 Å². The second-order valence-electron chi connectivity index (χ2n) is 4.27. The van der Waals surface area contributed by atoms with Gasteiger partial charge < -0.3 is 9.84 Å². The van der Waals surface area contributed by atoms with E-state index in [0.29, 0.717) is 22.8 Å². The molecule has 0 bridgehead atoms. The van der Waals surface area contributed by atoms with Crippen molar-refractivity contribution in [1.82, 2.24) is 14.6 Å². The van der Waals surface area contributed by atoms with Gasteiger partial charge in [0.25, 0.3) is 5.69 Å². The number of fused-ring (bicyclic) bond motifs is 1. The van der Waals surface area contributed by atoms with E-state index >= 15 is 0 Å². The molecule has 0 radical (unpaired) electrons. The van der Waals surface area contributed by atoms with E-state index in [9.17, 15) is 15.2 Å². The van der Waals surface area contributed by atoms with E-state index in [-0.39, 0.29) is 11.4 Å². The standard InChI is InChI=1S/C13H10N4O4/c1-21-11-6-8(2-4-10(11)18)13-14-12-5-3-9(17(19)20)7-16(12)15-13/h2-7,18H,1H3. The van der Waals surface area contributed by atoms with Crippen molar-refractivity contribution in [3.8, 4) is 22.9 Å². The number of aromatic hydroxyl groups is 1. The summed E-state index contributed by atoms with van der Waals surface area (Å²) in [5, 5.41) is 24.5. The Kier molecular flexibility index (Phi) is 2.90. The van der Waals surface area contributed by atoms with Gasteiger partial charge in [0, 0.05) is 11.6 Å². The van der Waals surface area contributed by atoms with Gasteiger partial charge in [0.05, 0.1) is 12.0 Å². The van der Waals surface area contributed by atoms with Crippen molar-refractivity contribution in [2.24, 2.45) is 0 Å². The van der Waals surface area contributed by atoms with Gasteiger partial charge in [-0.05, 0) is 24.3 Å². The van der Waals surface area contributed by atoms with Crippen molar-refractivity contribution in [2.45, 2.75) is 0 Å². The van der Waals surface area contributed by atoms with Crippen molar-refractivity contribution in [3.05, 3.63) is 46.6 Å². The van der Waals surface area contributed by atoms with E-state index in [4.69, 9.17) is 4.74 Å². The molecule has 0 atom stereocenters. The second kappa shape index (κ2) is 4.75. The molecular weight excluding hydrogens is 276 g/mol. The number of rotatable bonds is 3. The van der Waals surface area contributed by atoms with Crippen LogP contribution in [0, 0.1) is 10.1 Å². The Balaban J connectivity index is 2.10. The van der Waals surface area contributed by atoms with Gasteiger partial charge in [-0.3, -0.25) is 10.1 Å². The molecule has 8 heteroatoms. The summed E-state index contributed by atoms with van der Waals surface area (Å²) in [5.41, 5.74) is 1.06. The molecule has 0 aliphatic carbocycles. The minimum absolute atomic E-state index is 0.0145. The average Bonchev–Trinajstić information content (AvgIpc) is 2.90. The lowest BCUT2D eigenvalue weighted by molar-refractivity contribution is -0.385. The number of nitrogens with zero attached hydrogens (tertiary/aromatic N) is 4. The molecule has 0 aliphatic rings. The SMILES string of the molecule is COc1cc(-c2nc3ccc([N+](=O)[O-])cn3n2)ccc1O. The summed E-state index contributed by atoms with van der Waals surface area (Å²) in [7, 11) is 1.44. The maximum absolute atomic E-state index is 10.7. The van der Waals surface area contributed by atoms with Gasteiger partial charge in [-0.15, -0.1) is 5.10 Å². The highest BCUT2D eigenvalue weighted by Crippen LogP contribution is 2.30. The third kappa shape index (κ3) is 2.22. The van der Waals surface area contributed by atoms with Crippen molar-refractivity contribution >= 4 is 11.3 Å². The van der Waals surface area contributed by atoms with Crippen LogP contribution in [-0.2, 0) is 0 Å². The lowest BCUT2D eigenvalue weighted by Gasteiger charge is -2.03. The molecule has 1 aromatic carbocycles. The molecule has 0 fully saturated rings. The minimum Gasteiger partial charge on any atom is -0.504 e. The first-order valence-corrected chi connectivity index (χ1v) is 5.96. The van der Waals surface area contributed by atoms with E-state index in [1.165, 1.54) is 36.0 Å². The van der Waals surface area contributed by atoms with E-state index in [0.717, 1.165) is 0 Å². The van der Waals surface area contributed by atoms with Crippen LogP contribution in [0.2, 0.25) is 0 Å². The molecule has 106 valence electrons. The van der Waals surface area contributed by atoms with Crippen molar-refractivity contribution in [1.29, 1.82) is 0 Å². The fourth-order valence-corrected chi connectivity index (χ4v) is 1.92. The Morgan fingerprint density at radius 3 is 2.86 bits per heavy atom. The molecule has 2 aromatic heterocycles. The van der Waals surface area contributed by atoms with E-state index < -0.39 is 4.92 Å². The Hall–Kier alpha value is -3.16. The molecule has 2 heterocycles. The summed E-state index contributed by atoms with van der Waals surface area (Å²) in [4.78, 5) is 14.5. The quantitative estimate of drug-likeness (QED) is 0.583. The Labute approximate surface area is 118 Å². The molecule has 0 unspecified atom stereocenters. The fourth-order valence-electron chi connectivity index (χ4n) is 1.92. The largest absolute Gasteiger partial charge is 0.504 e. The van der Waals surface area contributed by atoms with Crippen LogP contribution in [0.3, 0.4) is 0 Å². The molecule has 21 heavy (non-hydrogen) atoms. The molecule has 1 N–H and O–H groups in total. The first-order chi connectivity index (χ1) is 10.1. The van der Waals surface area contributed by atoms with Gasteiger partial charge in [-0.25, -0.2) is 9.50 Å². The lowest BCUT2D eigenvalue weighted by Crippen LogP contribution is -1.93. The van der Waals surface area contributed by atoms with Crippen molar-refractivity contribution in [3.63, 3.8) is 0 Å². The lowest BCUT2D eigenvalue weighted by atomic mass is 10.2. The van der Waals surface area contributed by atoms with Crippen LogP contribution in [0.25, 0.3) is 17.0 Å². The summed E-state index contributed by atoms with van der Waals surface area (Å²) in [6, 6.07) is 7.60. The maximum atomic E-state index is 10.7. The van der Waals surface area contributed by atoms with Gasteiger partial charge >= 0.3 is 0 Å². The van der Waals surface area contributed by atoms with Gasteiger partial charge in [0.2, 0.25) is 0 Å². The molecule has 3 rings (SSSR count). The summed E-state index contributed by atoms with van der Waals surface area (Å²) in [6.45, 7) is 0. The van der Waals surface area contributed by atoms with E-state index in [2.05, 4.69) is 10.1 Å². The zero-order valence-electron chi connectivity index (χ0n) is 10.9. The van der Waals surface area contributed by atoms with Crippen LogP contribution in [0.4, 0.5) is 5.69 Å². The number of pyridine rings is 1. The average molecular weight is 286 g/mol. The van der Waals surface area contributed by atoms with E-state index in [1.807, 2.05) is 0 Å². The van der Waals surface area contributed by atoms with Crippen LogP contribution < -0.4 is 4.74 Å². The summed E-state index contributed by atoms with van der Waals surface area (Å²) in [6.07, 6.45) is 1.30. The molecule has 0 aliphatic heterocycles. The molecule has 0 saturated heterocycles. The Morgan fingerprint density at radius 2 is 2.14 bits per heavy atom. The van der Waals surface area contributed by atoms with Crippen LogP contribution in [-0.4, -0.2) is 31.7 Å². The van der Waals surface area contributed by atoms with Gasteiger partial charge in [-0.2, -0.15) is 0 Å².